The van der Waals surface area contributed by atoms with Gasteiger partial charge in [0.1, 0.15) is 13.2 Å². The molecule has 0 spiro atoms. The molecule has 1 atom stereocenters. The van der Waals surface area contributed by atoms with Crippen LogP contribution in [0.15, 0.2) is 0 Å². The fourth-order valence-corrected chi connectivity index (χ4v) is 3.88. The van der Waals surface area contributed by atoms with Crippen LogP contribution in [-0.4, -0.2) is 51.3 Å². The average molecular weight is 442 g/mol. The molecule has 0 aromatic rings. The molecule has 0 saturated heterocycles. The van der Waals surface area contributed by atoms with Crippen LogP contribution in [0.1, 0.15) is 89.9 Å². The number of rotatable bonds is 21. The maximum atomic E-state index is 11.6. The zero-order chi connectivity index (χ0) is 21.1. The first-order chi connectivity index (χ1) is 13.3. The third kappa shape index (κ3) is 22.6. The molecule has 0 heterocycles. The monoisotopic (exact) mass is 441 g/mol. The van der Waals surface area contributed by atoms with E-state index in [0.29, 0.717) is 11.0 Å². The van der Waals surface area contributed by atoms with Crippen LogP contribution in [0, 0.1) is 0 Å². The number of phosphoric ester groups is 1. The van der Waals surface area contributed by atoms with E-state index in [-0.39, 0.29) is 13.2 Å². The molecule has 0 aromatic heterocycles. The number of halogens is 1. The van der Waals surface area contributed by atoms with Crippen molar-refractivity contribution in [3.8, 4) is 0 Å². The topological polar surface area (TPSA) is 58.6 Å². The van der Waals surface area contributed by atoms with Crippen LogP contribution in [0.4, 0.5) is 0 Å². The number of hydrogen-bond donors (Lipinski definition) is 0. The van der Waals surface area contributed by atoms with Crippen molar-refractivity contribution >= 4 is 19.4 Å². The summed E-state index contributed by atoms with van der Waals surface area (Å²) in [7, 11) is 1.84. The van der Waals surface area contributed by atoms with Crippen molar-refractivity contribution in [1.29, 1.82) is 0 Å². The van der Waals surface area contributed by atoms with Gasteiger partial charge in [0.05, 0.1) is 27.7 Å². The molecular weight excluding hydrogens is 397 g/mol. The normalized spacial score (nSPS) is 14.3. The number of likely N-dealkylation sites (N-methyl/N-ethyl adjacent to an activating group) is 1. The Kier molecular flexibility index (Phi) is 18.4. The SMILES string of the molecule is C[N+](C)(C)CCOP(=O)([O-])OCCCCCCCCCCCCCCCCCl. The first-order valence-electron chi connectivity index (χ1n) is 11.2. The van der Waals surface area contributed by atoms with Crippen LogP contribution in [0.25, 0.3) is 0 Å². The molecule has 170 valence electrons. The molecule has 0 fully saturated rings. The number of nitrogens with zero attached hydrogens (tertiary/aromatic N) is 1. The predicted molar refractivity (Wildman–Crippen MR) is 118 cm³/mol. The molecule has 1 unspecified atom stereocenters. The van der Waals surface area contributed by atoms with E-state index in [4.69, 9.17) is 20.6 Å². The van der Waals surface area contributed by atoms with Crippen molar-refractivity contribution in [3.63, 3.8) is 0 Å². The van der Waals surface area contributed by atoms with Gasteiger partial charge in [0.25, 0.3) is 7.82 Å². The fraction of sp³-hybridized carbons (Fsp3) is 1.00. The van der Waals surface area contributed by atoms with Crippen LogP contribution >= 0.6 is 19.4 Å². The summed E-state index contributed by atoms with van der Waals surface area (Å²) in [5, 5.41) is 0. The molecule has 7 heteroatoms. The van der Waals surface area contributed by atoms with E-state index in [1.54, 1.807) is 0 Å². The lowest BCUT2D eigenvalue weighted by Gasteiger charge is -2.27. The Labute approximate surface area is 179 Å². The fourth-order valence-electron chi connectivity index (χ4n) is 2.96. The van der Waals surface area contributed by atoms with Crippen LogP contribution in [0.3, 0.4) is 0 Å². The van der Waals surface area contributed by atoms with Crippen molar-refractivity contribution in [3.05, 3.63) is 0 Å². The largest absolute Gasteiger partial charge is 0.756 e. The minimum absolute atomic E-state index is 0.165. The van der Waals surface area contributed by atoms with Crippen LogP contribution in [0.5, 0.6) is 0 Å². The molecule has 0 amide bonds. The highest BCUT2D eigenvalue weighted by molar-refractivity contribution is 7.45. The second-order valence-electron chi connectivity index (χ2n) is 8.77. The summed E-state index contributed by atoms with van der Waals surface area (Å²) in [4.78, 5) is 11.6. The predicted octanol–water partition coefficient (Wildman–Crippen LogP) is 5.89. The number of unbranched alkanes of at least 4 members (excludes halogenated alkanes) is 13. The van der Waals surface area contributed by atoms with E-state index in [1.165, 1.54) is 64.2 Å². The van der Waals surface area contributed by atoms with Crippen LogP contribution in [-0.2, 0) is 13.6 Å². The maximum absolute atomic E-state index is 11.6. The number of hydrogen-bond acceptors (Lipinski definition) is 4. The molecule has 0 saturated carbocycles. The van der Waals surface area contributed by atoms with Crippen molar-refractivity contribution in [1.82, 2.24) is 0 Å². The molecule has 0 N–H and O–H groups in total. The smallest absolute Gasteiger partial charge is 0.268 e. The van der Waals surface area contributed by atoms with Gasteiger partial charge in [-0.2, -0.15) is 0 Å². The average Bonchev–Trinajstić information content (AvgIpc) is 2.60. The third-order valence-corrected chi connectivity index (χ3v) is 6.05. The summed E-state index contributed by atoms with van der Waals surface area (Å²) >= 11 is 5.67. The molecule has 28 heavy (non-hydrogen) atoms. The van der Waals surface area contributed by atoms with Gasteiger partial charge >= 0.3 is 0 Å². The van der Waals surface area contributed by atoms with E-state index in [0.717, 1.165) is 31.6 Å². The van der Waals surface area contributed by atoms with Gasteiger partial charge in [-0.15, -0.1) is 11.6 Å². The van der Waals surface area contributed by atoms with Crippen molar-refractivity contribution in [2.45, 2.75) is 89.9 Å². The zero-order valence-corrected chi connectivity index (χ0v) is 20.3. The van der Waals surface area contributed by atoms with Crippen LogP contribution < -0.4 is 4.89 Å². The van der Waals surface area contributed by atoms with Gasteiger partial charge in [0, 0.05) is 5.88 Å². The molecule has 0 aromatic carbocycles. The highest BCUT2D eigenvalue weighted by Gasteiger charge is 2.12. The summed E-state index contributed by atoms with van der Waals surface area (Å²) in [5.74, 6) is 0.804. The molecule has 0 radical (unpaired) electrons. The van der Waals surface area contributed by atoms with Gasteiger partial charge in [-0.1, -0.05) is 77.0 Å². The van der Waals surface area contributed by atoms with Crippen molar-refractivity contribution < 1.29 is 23.0 Å². The molecule has 5 nitrogen and oxygen atoms in total. The Hall–Kier alpha value is 0.360. The molecule has 0 rings (SSSR count). The van der Waals surface area contributed by atoms with Gasteiger partial charge in [-0.3, -0.25) is 4.57 Å². The minimum Gasteiger partial charge on any atom is -0.756 e. The first kappa shape index (κ1) is 28.4. The number of phosphoric acid groups is 1. The zero-order valence-electron chi connectivity index (χ0n) is 18.6. The second kappa shape index (κ2) is 18.2. The third-order valence-electron chi connectivity index (χ3n) is 4.79. The van der Waals surface area contributed by atoms with Crippen LogP contribution in [0.2, 0.25) is 0 Å². The molecule has 0 bridgehead atoms. The lowest BCUT2D eigenvalue weighted by molar-refractivity contribution is -0.870. The van der Waals surface area contributed by atoms with Crippen molar-refractivity contribution in [2.24, 2.45) is 0 Å². The Morgan fingerprint density at radius 2 is 1.04 bits per heavy atom. The van der Waals surface area contributed by atoms with Gasteiger partial charge in [-0.25, -0.2) is 0 Å². The Balaban J connectivity index is 3.29. The van der Waals surface area contributed by atoms with Crippen molar-refractivity contribution in [2.75, 3.05) is 46.8 Å². The molecule has 0 aliphatic carbocycles. The Morgan fingerprint density at radius 1 is 0.679 bits per heavy atom. The number of alkyl halides is 1. The number of quaternary nitrogens is 1. The Bertz CT molecular complexity index is 391. The lowest BCUT2D eigenvalue weighted by atomic mass is 10.0. The second-order valence-corrected chi connectivity index (χ2v) is 10.6. The van der Waals surface area contributed by atoms with E-state index in [2.05, 4.69) is 0 Å². The van der Waals surface area contributed by atoms with E-state index >= 15 is 0 Å². The van der Waals surface area contributed by atoms with Gasteiger partial charge in [0.2, 0.25) is 0 Å². The molecule has 0 aliphatic heterocycles. The first-order valence-corrected chi connectivity index (χ1v) is 13.2. The summed E-state index contributed by atoms with van der Waals surface area (Å²) in [6.45, 7) is 1.03. The summed E-state index contributed by atoms with van der Waals surface area (Å²) in [6, 6.07) is 0. The van der Waals surface area contributed by atoms with Gasteiger partial charge in [-0.05, 0) is 12.8 Å². The summed E-state index contributed by atoms with van der Waals surface area (Å²) in [6.07, 6.45) is 17.3. The summed E-state index contributed by atoms with van der Waals surface area (Å²) in [5.41, 5.74) is 0. The molecular formula is C21H45ClNO4P. The van der Waals surface area contributed by atoms with Gasteiger partial charge in [0.15, 0.2) is 0 Å². The minimum atomic E-state index is -4.13. The van der Waals surface area contributed by atoms with E-state index in [1.807, 2.05) is 21.1 Å². The Morgan fingerprint density at radius 3 is 1.43 bits per heavy atom. The van der Waals surface area contributed by atoms with E-state index < -0.39 is 7.82 Å². The van der Waals surface area contributed by atoms with Gasteiger partial charge < -0.3 is 18.4 Å². The molecule has 0 aliphatic rings. The lowest BCUT2D eigenvalue weighted by Crippen LogP contribution is -2.37. The standard InChI is InChI=1S/C21H45ClNO4P/c1-23(2,3)19-21-27-28(24,25)26-20-17-15-13-11-9-7-5-4-6-8-10-12-14-16-18-22/h4-21H2,1-3H3. The maximum Gasteiger partial charge on any atom is 0.268 e. The quantitative estimate of drug-likeness (QED) is 0.0963. The summed E-state index contributed by atoms with van der Waals surface area (Å²) < 4.78 is 22.1. The highest BCUT2D eigenvalue weighted by atomic mass is 35.5. The highest BCUT2D eigenvalue weighted by Crippen LogP contribution is 2.38. The van der Waals surface area contributed by atoms with E-state index in [9.17, 15) is 9.46 Å².